The molecule has 0 radical (unpaired) electrons. The highest BCUT2D eigenvalue weighted by Gasteiger charge is 2.56. The lowest BCUT2D eigenvalue weighted by molar-refractivity contribution is 0.106. The molecule has 0 bridgehead atoms. The van der Waals surface area contributed by atoms with Gasteiger partial charge in [0.25, 0.3) is 0 Å². The van der Waals surface area contributed by atoms with Crippen molar-refractivity contribution in [3.63, 3.8) is 0 Å². The van der Waals surface area contributed by atoms with Crippen molar-refractivity contribution in [2.75, 3.05) is 26.2 Å². The molecular formula is C12H38N4O9Si4. The molecule has 0 amide bonds. The fourth-order valence-corrected chi connectivity index (χ4v) is 14.7. The molecule has 17 heteroatoms. The monoisotopic (exact) mass is 494 g/mol. The Hall–Kier alpha value is 0.348. The molecule has 29 heavy (non-hydrogen) atoms. The topological polar surface area (TPSA) is 253 Å². The van der Waals surface area contributed by atoms with Crippen molar-refractivity contribution < 1.29 is 41.1 Å². The zero-order chi connectivity index (χ0) is 22.6. The van der Waals surface area contributed by atoms with E-state index in [0.717, 1.165) is 0 Å². The molecular weight excluding hydrogens is 456 g/mol. The second-order valence-corrected chi connectivity index (χ2v) is 17.1. The van der Waals surface area contributed by atoms with E-state index in [1.165, 1.54) is 0 Å². The zero-order valence-electron chi connectivity index (χ0n) is 16.7. The van der Waals surface area contributed by atoms with E-state index in [9.17, 15) is 28.8 Å². The van der Waals surface area contributed by atoms with Crippen LogP contribution in [0.2, 0.25) is 24.2 Å². The van der Waals surface area contributed by atoms with Gasteiger partial charge in [0.1, 0.15) is 0 Å². The quantitative estimate of drug-likeness (QED) is 0.0819. The minimum atomic E-state index is -4.41. The normalized spacial score (nSPS) is 17.2. The van der Waals surface area contributed by atoms with E-state index in [4.69, 9.17) is 35.3 Å². The Balaban J connectivity index is 5.56. The largest absolute Gasteiger partial charge is 0.488 e. The van der Waals surface area contributed by atoms with Crippen LogP contribution in [-0.2, 0) is 12.3 Å². The van der Waals surface area contributed by atoms with Crippen molar-refractivity contribution in [3.05, 3.63) is 0 Å². The van der Waals surface area contributed by atoms with Gasteiger partial charge in [-0.1, -0.05) is 0 Å². The first kappa shape index (κ1) is 29.3. The van der Waals surface area contributed by atoms with Gasteiger partial charge in [-0.15, -0.1) is 0 Å². The van der Waals surface area contributed by atoms with Crippen molar-refractivity contribution >= 4 is 35.2 Å². The van der Waals surface area contributed by atoms with Crippen LogP contribution in [0.1, 0.15) is 25.7 Å². The molecule has 0 fully saturated rings. The molecule has 0 spiro atoms. The van der Waals surface area contributed by atoms with Gasteiger partial charge in [0, 0.05) is 24.2 Å². The Labute approximate surface area is 175 Å². The van der Waals surface area contributed by atoms with Crippen LogP contribution >= 0.6 is 0 Å². The summed E-state index contributed by atoms with van der Waals surface area (Å²) in [6, 6.07) is -0.720. The van der Waals surface area contributed by atoms with Gasteiger partial charge in [-0.3, -0.25) is 0 Å². The molecule has 0 heterocycles. The van der Waals surface area contributed by atoms with E-state index >= 15 is 0 Å². The van der Waals surface area contributed by atoms with Crippen molar-refractivity contribution in [2.24, 2.45) is 22.9 Å². The van der Waals surface area contributed by atoms with Crippen molar-refractivity contribution in [2.45, 2.75) is 49.9 Å². The molecule has 0 aliphatic heterocycles. The second kappa shape index (κ2) is 13.7. The van der Waals surface area contributed by atoms with Crippen LogP contribution in [0.15, 0.2) is 0 Å². The summed E-state index contributed by atoms with van der Waals surface area (Å²) in [6.07, 6.45) is 0.904. The number of nitrogens with two attached hydrogens (primary N) is 4. The van der Waals surface area contributed by atoms with Gasteiger partial charge in [-0.05, 0) is 51.9 Å². The van der Waals surface area contributed by atoms with Crippen molar-refractivity contribution in [1.82, 2.24) is 0 Å². The predicted octanol–water partition coefficient (Wildman–Crippen LogP) is -3.86. The Bertz CT molecular complexity index is 420. The number of hydrogen-bond donors (Lipinski definition) is 10. The van der Waals surface area contributed by atoms with Crippen LogP contribution in [0.25, 0.3) is 0 Å². The highest BCUT2D eigenvalue weighted by atomic mass is 28.5. The molecule has 0 saturated heterocycles. The summed E-state index contributed by atoms with van der Waals surface area (Å²) in [7, 11) is -17.5. The predicted molar refractivity (Wildman–Crippen MR) is 113 cm³/mol. The zero-order valence-corrected chi connectivity index (χ0v) is 20.7. The van der Waals surface area contributed by atoms with Crippen LogP contribution in [0.4, 0.5) is 0 Å². The van der Waals surface area contributed by atoms with E-state index < -0.39 is 35.2 Å². The maximum Gasteiger partial charge on any atom is 0.488 e. The summed E-state index contributed by atoms with van der Waals surface area (Å²) in [5, 5.41) is 0. The lowest BCUT2D eigenvalue weighted by Gasteiger charge is -2.37. The molecule has 0 saturated carbocycles. The smallest absolute Gasteiger partial charge is 0.391 e. The average Bonchev–Trinajstić information content (AvgIpc) is 2.60. The molecule has 0 aromatic rings. The van der Waals surface area contributed by atoms with E-state index in [1.54, 1.807) is 0 Å². The Kier molecular flexibility index (Phi) is 13.9. The standard InChI is InChI=1S/C12H38N4O9Si4/c13-5-1-9-26(17,18)23-28(21,11-3-7-15)25-29(22,12-4-8-16)24-27(19,20)10-2-6-14/h17-22H,1-16H2. The van der Waals surface area contributed by atoms with E-state index in [0.29, 0.717) is 0 Å². The van der Waals surface area contributed by atoms with Gasteiger partial charge in [-0.25, -0.2) is 0 Å². The maximum atomic E-state index is 10.9. The molecule has 176 valence electrons. The Morgan fingerprint density at radius 3 is 1.00 bits per heavy atom. The summed E-state index contributed by atoms with van der Waals surface area (Å²) in [6.45, 7) is 0.668. The first-order valence-corrected chi connectivity index (χ1v) is 17.6. The lowest BCUT2D eigenvalue weighted by atomic mass is 10.5. The first-order valence-electron chi connectivity index (χ1n) is 9.61. The summed E-state index contributed by atoms with van der Waals surface area (Å²) in [4.78, 5) is 62.4. The minimum absolute atomic E-state index is 0.148. The van der Waals surface area contributed by atoms with Crippen LogP contribution < -0.4 is 22.9 Å². The Morgan fingerprint density at radius 1 is 0.448 bits per heavy atom. The van der Waals surface area contributed by atoms with E-state index in [-0.39, 0.29) is 76.0 Å². The molecule has 2 atom stereocenters. The Morgan fingerprint density at radius 2 is 0.724 bits per heavy atom. The molecule has 0 aliphatic carbocycles. The summed E-state index contributed by atoms with van der Waals surface area (Å²) >= 11 is 0. The second-order valence-electron chi connectivity index (χ2n) is 6.79. The molecule has 13 nitrogen and oxygen atoms in total. The third-order valence-corrected chi connectivity index (χ3v) is 15.5. The number of hydrogen-bond acceptors (Lipinski definition) is 13. The highest BCUT2D eigenvalue weighted by Crippen LogP contribution is 2.27. The van der Waals surface area contributed by atoms with Gasteiger partial charge in [-0.2, -0.15) is 0 Å². The van der Waals surface area contributed by atoms with Gasteiger partial charge in [0.2, 0.25) is 0 Å². The van der Waals surface area contributed by atoms with Gasteiger partial charge in [0.15, 0.2) is 0 Å². The van der Waals surface area contributed by atoms with E-state index in [1.807, 2.05) is 0 Å². The minimum Gasteiger partial charge on any atom is -0.391 e. The molecule has 2 unspecified atom stereocenters. The third kappa shape index (κ3) is 13.4. The van der Waals surface area contributed by atoms with Gasteiger partial charge in [0.05, 0.1) is 0 Å². The average molecular weight is 495 g/mol. The van der Waals surface area contributed by atoms with E-state index in [2.05, 4.69) is 0 Å². The van der Waals surface area contributed by atoms with Crippen LogP contribution in [0, 0.1) is 0 Å². The summed E-state index contributed by atoms with van der Waals surface area (Å²) in [5.74, 6) is 0. The van der Waals surface area contributed by atoms with Crippen LogP contribution in [0.5, 0.6) is 0 Å². The van der Waals surface area contributed by atoms with Gasteiger partial charge < -0.3 is 64.1 Å². The molecule has 0 aromatic carbocycles. The fraction of sp³-hybridized carbons (Fsp3) is 1.00. The number of rotatable bonds is 18. The lowest BCUT2D eigenvalue weighted by Crippen LogP contribution is -2.64. The van der Waals surface area contributed by atoms with Crippen LogP contribution in [-0.4, -0.2) is 90.2 Å². The van der Waals surface area contributed by atoms with Crippen molar-refractivity contribution in [1.29, 1.82) is 0 Å². The van der Waals surface area contributed by atoms with Crippen molar-refractivity contribution in [3.8, 4) is 0 Å². The summed E-state index contributed by atoms with van der Waals surface area (Å²) < 4.78 is 15.9. The summed E-state index contributed by atoms with van der Waals surface area (Å²) in [5.41, 5.74) is 21.7. The van der Waals surface area contributed by atoms with Gasteiger partial charge >= 0.3 is 35.2 Å². The molecule has 0 aliphatic rings. The molecule has 0 rings (SSSR count). The first-order chi connectivity index (χ1) is 13.4. The highest BCUT2D eigenvalue weighted by molar-refractivity contribution is 6.82. The SMILES string of the molecule is NCCC[Si](O)(O)O[Si](O)(CCCN)O[Si](O)(CCCN)O[Si](O)(O)CCCN. The van der Waals surface area contributed by atoms with Crippen LogP contribution in [0.3, 0.4) is 0 Å². The fourth-order valence-electron chi connectivity index (χ4n) is 2.42. The third-order valence-electron chi connectivity index (χ3n) is 3.77. The molecule has 14 N–H and O–H groups in total. The molecule has 0 aromatic heterocycles. The maximum absolute atomic E-state index is 10.9.